The molecule has 1 unspecified atom stereocenters. The normalized spacial score (nSPS) is 18.3. The van der Waals surface area contributed by atoms with Crippen LogP contribution in [0.15, 0.2) is 12.3 Å². The molecule has 0 amide bonds. The van der Waals surface area contributed by atoms with Crippen molar-refractivity contribution >= 4 is 11.8 Å². The molecule has 2 rings (SSSR count). The van der Waals surface area contributed by atoms with Crippen molar-refractivity contribution in [2.24, 2.45) is 0 Å². The van der Waals surface area contributed by atoms with Crippen molar-refractivity contribution in [3.8, 4) is 0 Å². The SMILES string of the molecule is CCSCCC(O)Cc1ccn(C2CCCC2)n1. The molecule has 18 heavy (non-hydrogen) atoms. The molecule has 1 aliphatic rings. The van der Waals surface area contributed by atoms with Gasteiger partial charge in [-0.3, -0.25) is 4.68 Å². The lowest BCUT2D eigenvalue weighted by atomic mass is 10.1. The third kappa shape index (κ3) is 4.02. The van der Waals surface area contributed by atoms with E-state index in [4.69, 9.17) is 0 Å². The molecule has 1 atom stereocenters. The van der Waals surface area contributed by atoms with E-state index < -0.39 is 0 Å². The highest BCUT2D eigenvalue weighted by atomic mass is 32.2. The fraction of sp³-hybridized carbons (Fsp3) is 0.786. The first-order valence-corrected chi connectivity index (χ1v) is 8.25. The zero-order valence-electron chi connectivity index (χ0n) is 11.2. The van der Waals surface area contributed by atoms with E-state index in [2.05, 4.69) is 29.0 Å². The van der Waals surface area contributed by atoms with Crippen molar-refractivity contribution in [3.63, 3.8) is 0 Å². The summed E-state index contributed by atoms with van der Waals surface area (Å²) in [4.78, 5) is 0. The molecule has 0 saturated heterocycles. The van der Waals surface area contributed by atoms with Crippen LogP contribution in [0, 0.1) is 0 Å². The minimum absolute atomic E-state index is 0.240. The molecule has 1 aromatic rings. The predicted octanol–water partition coefficient (Wildman–Crippen LogP) is 3.04. The number of nitrogens with zero attached hydrogens (tertiary/aromatic N) is 2. The van der Waals surface area contributed by atoms with Gasteiger partial charge in [0.1, 0.15) is 0 Å². The Hall–Kier alpha value is -0.480. The molecule has 0 bridgehead atoms. The first-order valence-electron chi connectivity index (χ1n) is 7.09. The highest BCUT2D eigenvalue weighted by Crippen LogP contribution is 2.28. The van der Waals surface area contributed by atoms with Crippen LogP contribution in [-0.2, 0) is 6.42 Å². The standard InChI is InChI=1S/C14H24N2OS/c1-2-18-10-8-14(17)11-12-7-9-16(15-12)13-5-3-4-6-13/h7,9,13-14,17H,2-6,8,10-11H2,1H3. The van der Waals surface area contributed by atoms with Crippen LogP contribution in [0.25, 0.3) is 0 Å². The molecule has 1 saturated carbocycles. The van der Waals surface area contributed by atoms with Crippen molar-refractivity contribution in [2.75, 3.05) is 11.5 Å². The van der Waals surface area contributed by atoms with Crippen LogP contribution in [-0.4, -0.2) is 32.5 Å². The van der Waals surface area contributed by atoms with Crippen LogP contribution >= 0.6 is 11.8 Å². The van der Waals surface area contributed by atoms with Gasteiger partial charge in [0.15, 0.2) is 0 Å². The Morgan fingerprint density at radius 1 is 1.50 bits per heavy atom. The fourth-order valence-corrected chi connectivity index (χ4v) is 3.29. The largest absolute Gasteiger partial charge is 0.393 e. The number of hydrogen-bond acceptors (Lipinski definition) is 3. The molecule has 102 valence electrons. The van der Waals surface area contributed by atoms with Gasteiger partial charge < -0.3 is 5.11 Å². The van der Waals surface area contributed by atoms with E-state index in [0.717, 1.165) is 23.6 Å². The molecule has 1 heterocycles. The van der Waals surface area contributed by atoms with Gasteiger partial charge in [-0.2, -0.15) is 16.9 Å². The molecule has 0 aromatic carbocycles. The lowest BCUT2D eigenvalue weighted by Crippen LogP contribution is -2.13. The maximum Gasteiger partial charge on any atom is 0.0650 e. The van der Waals surface area contributed by atoms with Crippen LogP contribution in [0.2, 0.25) is 0 Å². The third-order valence-corrected chi connectivity index (χ3v) is 4.54. The van der Waals surface area contributed by atoms with E-state index in [-0.39, 0.29) is 6.10 Å². The highest BCUT2D eigenvalue weighted by molar-refractivity contribution is 7.99. The molecule has 1 aromatic heterocycles. The lowest BCUT2D eigenvalue weighted by molar-refractivity contribution is 0.170. The topological polar surface area (TPSA) is 38.0 Å². The first-order chi connectivity index (χ1) is 8.79. The molecule has 1 N–H and O–H groups in total. The average Bonchev–Trinajstić information content (AvgIpc) is 2.98. The molecule has 0 aliphatic heterocycles. The Morgan fingerprint density at radius 3 is 3.00 bits per heavy atom. The van der Waals surface area contributed by atoms with Crippen LogP contribution in [0.1, 0.15) is 50.8 Å². The fourth-order valence-electron chi connectivity index (χ4n) is 2.57. The van der Waals surface area contributed by atoms with Crippen LogP contribution in [0.5, 0.6) is 0 Å². The summed E-state index contributed by atoms with van der Waals surface area (Å²) in [5, 5.41) is 14.6. The summed E-state index contributed by atoms with van der Waals surface area (Å²) < 4.78 is 2.11. The van der Waals surface area contributed by atoms with Crippen molar-refractivity contribution in [1.29, 1.82) is 0 Å². The molecule has 1 aliphatic carbocycles. The van der Waals surface area contributed by atoms with Gasteiger partial charge in [0.2, 0.25) is 0 Å². The Balaban J connectivity index is 1.78. The van der Waals surface area contributed by atoms with Crippen LogP contribution in [0.4, 0.5) is 0 Å². The van der Waals surface area contributed by atoms with E-state index in [1.165, 1.54) is 25.7 Å². The van der Waals surface area contributed by atoms with Crippen LogP contribution in [0.3, 0.4) is 0 Å². The minimum Gasteiger partial charge on any atom is -0.393 e. The van der Waals surface area contributed by atoms with Crippen molar-refractivity contribution in [3.05, 3.63) is 18.0 Å². The zero-order chi connectivity index (χ0) is 12.8. The van der Waals surface area contributed by atoms with Crippen molar-refractivity contribution in [2.45, 2.75) is 57.6 Å². The molecular weight excluding hydrogens is 244 g/mol. The number of hydrogen-bond donors (Lipinski definition) is 1. The summed E-state index contributed by atoms with van der Waals surface area (Å²) in [7, 11) is 0. The Morgan fingerprint density at radius 2 is 2.28 bits per heavy atom. The van der Waals surface area contributed by atoms with Gasteiger partial charge in [0, 0.05) is 12.6 Å². The number of aliphatic hydroxyl groups excluding tert-OH is 1. The number of aromatic nitrogens is 2. The molecule has 0 radical (unpaired) electrons. The molecule has 4 heteroatoms. The van der Waals surface area contributed by atoms with E-state index in [1.807, 2.05) is 11.8 Å². The number of aliphatic hydroxyl groups is 1. The Labute approximate surface area is 114 Å². The minimum atomic E-state index is -0.240. The van der Waals surface area contributed by atoms with Crippen LogP contribution < -0.4 is 0 Å². The average molecular weight is 268 g/mol. The summed E-state index contributed by atoms with van der Waals surface area (Å²) in [6.07, 6.45) is 8.59. The van der Waals surface area contributed by atoms with E-state index in [0.29, 0.717) is 12.5 Å². The zero-order valence-corrected chi connectivity index (χ0v) is 12.0. The Bertz CT molecular complexity index is 347. The second-order valence-corrected chi connectivity index (χ2v) is 6.46. The van der Waals surface area contributed by atoms with Gasteiger partial charge in [-0.15, -0.1) is 0 Å². The van der Waals surface area contributed by atoms with E-state index in [1.54, 1.807) is 0 Å². The number of rotatable bonds is 7. The van der Waals surface area contributed by atoms with Gasteiger partial charge in [0.05, 0.1) is 17.8 Å². The summed E-state index contributed by atoms with van der Waals surface area (Å²) in [6, 6.07) is 2.67. The highest BCUT2D eigenvalue weighted by Gasteiger charge is 2.18. The maximum atomic E-state index is 9.94. The van der Waals surface area contributed by atoms with E-state index >= 15 is 0 Å². The van der Waals surface area contributed by atoms with Crippen molar-refractivity contribution in [1.82, 2.24) is 9.78 Å². The Kier molecular flexibility index (Phi) is 5.57. The lowest BCUT2D eigenvalue weighted by Gasteiger charge is -2.10. The summed E-state index contributed by atoms with van der Waals surface area (Å²) in [6.45, 7) is 2.15. The molecular formula is C14H24N2OS. The quantitative estimate of drug-likeness (QED) is 0.772. The van der Waals surface area contributed by atoms with Gasteiger partial charge in [-0.05, 0) is 36.8 Å². The second-order valence-electron chi connectivity index (χ2n) is 5.07. The second kappa shape index (κ2) is 7.19. The number of thioether (sulfide) groups is 1. The van der Waals surface area contributed by atoms with E-state index in [9.17, 15) is 5.11 Å². The first kappa shape index (κ1) is 13.9. The van der Waals surface area contributed by atoms with Gasteiger partial charge in [-0.1, -0.05) is 19.8 Å². The molecule has 3 nitrogen and oxygen atoms in total. The van der Waals surface area contributed by atoms with Gasteiger partial charge in [-0.25, -0.2) is 0 Å². The summed E-state index contributed by atoms with van der Waals surface area (Å²) in [5.41, 5.74) is 1.04. The smallest absolute Gasteiger partial charge is 0.0650 e. The predicted molar refractivity (Wildman–Crippen MR) is 77.1 cm³/mol. The molecule has 0 spiro atoms. The summed E-state index contributed by atoms with van der Waals surface area (Å²) >= 11 is 1.89. The van der Waals surface area contributed by atoms with Gasteiger partial charge >= 0.3 is 0 Å². The molecule has 1 fully saturated rings. The maximum absolute atomic E-state index is 9.94. The van der Waals surface area contributed by atoms with Gasteiger partial charge in [0.25, 0.3) is 0 Å². The summed E-state index contributed by atoms with van der Waals surface area (Å²) in [5.74, 6) is 2.17. The third-order valence-electron chi connectivity index (χ3n) is 3.61. The monoisotopic (exact) mass is 268 g/mol. The van der Waals surface area contributed by atoms with Crippen molar-refractivity contribution < 1.29 is 5.11 Å².